The normalized spacial score (nSPS) is 15.6. The first kappa shape index (κ1) is 21.7. The van der Waals surface area contributed by atoms with Crippen LogP contribution in [0.3, 0.4) is 0 Å². The van der Waals surface area contributed by atoms with Crippen molar-refractivity contribution in [3.8, 4) is 23.0 Å². The number of rotatable bonds is 7. The van der Waals surface area contributed by atoms with Gasteiger partial charge in [-0.15, -0.1) is 10.2 Å². The second-order valence-corrected chi connectivity index (χ2v) is 10.3. The molecule has 3 heterocycles. The highest BCUT2D eigenvalue weighted by Gasteiger charge is 2.27. The van der Waals surface area contributed by atoms with Crippen LogP contribution in [0.1, 0.15) is 12.8 Å². The SMILES string of the molecule is O=C(CSc1nnc(-c2ccc3c(c2)OCO3)o1)Nc1ccc(S(=O)(=O)N2CCCC2)cc1. The Morgan fingerprint density at radius 1 is 1.03 bits per heavy atom. The molecule has 1 N–H and O–H groups in total. The zero-order chi connectivity index (χ0) is 22.8. The zero-order valence-electron chi connectivity index (χ0n) is 17.4. The fraction of sp³-hybridized carbons (Fsp3) is 0.286. The molecule has 1 amide bonds. The number of carbonyl (C=O) groups is 1. The highest BCUT2D eigenvalue weighted by molar-refractivity contribution is 7.99. The largest absolute Gasteiger partial charge is 0.454 e. The number of aromatic nitrogens is 2. The van der Waals surface area contributed by atoms with Crippen molar-refractivity contribution in [1.29, 1.82) is 0 Å². The van der Waals surface area contributed by atoms with E-state index in [0.717, 1.165) is 24.6 Å². The molecule has 0 atom stereocenters. The van der Waals surface area contributed by atoms with Crippen LogP contribution >= 0.6 is 11.8 Å². The number of hydrogen-bond acceptors (Lipinski definition) is 9. The Balaban J connectivity index is 1.16. The van der Waals surface area contributed by atoms with E-state index in [0.29, 0.717) is 41.7 Å². The highest BCUT2D eigenvalue weighted by atomic mass is 32.2. The van der Waals surface area contributed by atoms with Crippen molar-refractivity contribution in [1.82, 2.24) is 14.5 Å². The van der Waals surface area contributed by atoms with Gasteiger partial charge in [0.15, 0.2) is 11.5 Å². The number of ether oxygens (including phenoxy) is 2. The van der Waals surface area contributed by atoms with Gasteiger partial charge in [0.1, 0.15) is 0 Å². The summed E-state index contributed by atoms with van der Waals surface area (Å²) in [5.41, 5.74) is 1.19. The molecule has 33 heavy (non-hydrogen) atoms. The van der Waals surface area contributed by atoms with Crippen molar-refractivity contribution in [3.63, 3.8) is 0 Å². The fourth-order valence-electron chi connectivity index (χ4n) is 3.53. The standard InChI is InChI=1S/C21H20N4O6S2/c26-19(22-15-4-6-16(7-5-15)33(27,28)25-9-1-2-10-25)12-32-21-24-23-20(31-21)14-3-8-17-18(11-14)30-13-29-17/h3-8,11H,1-2,9-10,12-13H2,(H,22,26). The quantitative estimate of drug-likeness (QED) is 0.500. The Hall–Kier alpha value is -3.09. The predicted octanol–water partition coefficient (Wildman–Crippen LogP) is 2.98. The van der Waals surface area contributed by atoms with Crippen LogP contribution in [-0.4, -0.2) is 54.5 Å². The molecule has 1 aromatic heterocycles. The first-order chi connectivity index (χ1) is 16.0. The van der Waals surface area contributed by atoms with Crippen molar-refractivity contribution in [2.75, 3.05) is 31.0 Å². The minimum absolute atomic E-state index is 0.0522. The van der Waals surface area contributed by atoms with Gasteiger partial charge in [-0.2, -0.15) is 4.31 Å². The summed E-state index contributed by atoms with van der Waals surface area (Å²) in [6.45, 7) is 1.27. The highest BCUT2D eigenvalue weighted by Crippen LogP contribution is 2.36. The minimum Gasteiger partial charge on any atom is -0.454 e. The zero-order valence-corrected chi connectivity index (χ0v) is 19.0. The summed E-state index contributed by atoms with van der Waals surface area (Å²) in [5, 5.41) is 11.0. The van der Waals surface area contributed by atoms with Gasteiger partial charge in [-0.05, 0) is 55.3 Å². The van der Waals surface area contributed by atoms with Gasteiger partial charge in [0.2, 0.25) is 28.6 Å². The van der Waals surface area contributed by atoms with E-state index < -0.39 is 10.0 Å². The Bertz CT molecular complexity index is 1270. The number of thioether (sulfide) groups is 1. The van der Waals surface area contributed by atoms with E-state index in [2.05, 4.69) is 15.5 Å². The number of hydrogen-bond donors (Lipinski definition) is 1. The lowest BCUT2D eigenvalue weighted by Crippen LogP contribution is -2.27. The third-order valence-electron chi connectivity index (χ3n) is 5.19. The lowest BCUT2D eigenvalue weighted by atomic mass is 10.2. The number of fused-ring (bicyclic) bond motifs is 1. The third-order valence-corrected chi connectivity index (χ3v) is 7.92. The second kappa shape index (κ2) is 9.04. The van der Waals surface area contributed by atoms with Crippen LogP contribution in [0.5, 0.6) is 11.5 Å². The van der Waals surface area contributed by atoms with E-state index in [1.165, 1.54) is 16.4 Å². The molecular weight excluding hydrogens is 468 g/mol. The van der Waals surface area contributed by atoms with Crippen molar-refractivity contribution in [2.24, 2.45) is 0 Å². The molecule has 0 spiro atoms. The molecule has 2 aliphatic rings. The maximum Gasteiger partial charge on any atom is 0.277 e. The number of anilines is 1. The number of benzene rings is 2. The van der Waals surface area contributed by atoms with E-state index in [9.17, 15) is 13.2 Å². The molecule has 0 saturated carbocycles. The first-order valence-corrected chi connectivity index (χ1v) is 12.7. The number of nitrogens with one attached hydrogen (secondary N) is 1. The minimum atomic E-state index is -3.48. The van der Waals surface area contributed by atoms with Gasteiger partial charge < -0.3 is 19.2 Å². The Morgan fingerprint density at radius 3 is 2.58 bits per heavy atom. The third kappa shape index (κ3) is 4.68. The topological polar surface area (TPSA) is 124 Å². The summed E-state index contributed by atoms with van der Waals surface area (Å²) in [5.74, 6) is 1.35. The monoisotopic (exact) mass is 488 g/mol. The number of nitrogens with zero attached hydrogens (tertiary/aromatic N) is 3. The van der Waals surface area contributed by atoms with E-state index >= 15 is 0 Å². The molecule has 0 radical (unpaired) electrons. The molecule has 0 bridgehead atoms. The molecule has 1 saturated heterocycles. The van der Waals surface area contributed by atoms with Crippen LogP contribution in [-0.2, 0) is 14.8 Å². The smallest absolute Gasteiger partial charge is 0.277 e. The molecule has 5 rings (SSSR count). The summed E-state index contributed by atoms with van der Waals surface area (Å²) in [6.07, 6.45) is 1.76. The van der Waals surface area contributed by atoms with Gasteiger partial charge >= 0.3 is 0 Å². The van der Waals surface area contributed by atoms with Crippen molar-refractivity contribution in [3.05, 3.63) is 42.5 Å². The van der Waals surface area contributed by atoms with Crippen LogP contribution in [0, 0.1) is 0 Å². The predicted molar refractivity (Wildman–Crippen MR) is 120 cm³/mol. The number of carbonyl (C=O) groups excluding carboxylic acids is 1. The number of amides is 1. The van der Waals surface area contributed by atoms with Crippen LogP contribution < -0.4 is 14.8 Å². The molecule has 172 valence electrons. The Morgan fingerprint density at radius 2 is 1.79 bits per heavy atom. The molecule has 10 nitrogen and oxygen atoms in total. The summed E-state index contributed by atoms with van der Waals surface area (Å²) < 4.78 is 42.9. The lowest BCUT2D eigenvalue weighted by Gasteiger charge is -2.15. The molecule has 2 aliphatic heterocycles. The van der Waals surface area contributed by atoms with Gasteiger partial charge in [0.25, 0.3) is 5.22 Å². The fourth-order valence-corrected chi connectivity index (χ4v) is 5.61. The maximum atomic E-state index is 12.6. The first-order valence-electron chi connectivity index (χ1n) is 10.3. The van der Waals surface area contributed by atoms with E-state index in [-0.39, 0.29) is 28.6 Å². The molecule has 0 unspecified atom stereocenters. The van der Waals surface area contributed by atoms with E-state index in [1.54, 1.807) is 30.3 Å². The van der Waals surface area contributed by atoms with Crippen LogP contribution in [0.4, 0.5) is 5.69 Å². The van der Waals surface area contributed by atoms with Crippen LogP contribution in [0.25, 0.3) is 11.5 Å². The summed E-state index contributed by atoms with van der Waals surface area (Å²) >= 11 is 1.10. The molecule has 1 fully saturated rings. The second-order valence-electron chi connectivity index (χ2n) is 7.41. The van der Waals surface area contributed by atoms with Crippen molar-refractivity contribution < 1.29 is 27.1 Å². The van der Waals surface area contributed by atoms with Gasteiger partial charge in [-0.3, -0.25) is 4.79 Å². The van der Waals surface area contributed by atoms with Crippen molar-refractivity contribution in [2.45, 2.75) is 23.0 Å². The van der Waals surface area contributed by atoms with Crippen LogP contribution in [0.15, 0.2) is 57.0 Å². The van der Waals surface area contributed by atoms with Gasteiger partial charge in [0.05, 0.1) is 10.6 Å². The summed E-state index contributed by atoms with van der Waals surface area (Å²) in [7, 11) is -3.48. The molecule has 0 aliphatic carbocycles. The number of sulfonamides is 1. The average molecular weight is 489 g/mol. The average Bonchev–Trinajstić information content (AvgIpc) is 3.59. The molecule has 3 aromatic rings. The molecule has 12 heteroatoms. The van der Waals surface area contributed by atoms with Crippen molar-refractivity contribution >= 4 is 33.4 Å². The van der Waals surface area contributed by atoms with Gasteiger partial charge in [0, 0.05) is 24.3 Å². The van der Waals surface area contributed by atoms with E-state index in [1.807, 2.05) is 0 Å². The Kier molecular flexibility index (Phi) is 5.96. The molecule has 2 aromatic carbocycles. The van der Waals surface area contributed by atoms with Crippen LogP contribution in [0.2, 0.25) is 0 Å². The maximum absolute atomic E-state index is 12.6. The summed E-state index contributed by atoms with van der Waals surface area (Å²) in [6, 6.07) is 11.5. The summed E-state index contributed by atoms with van der Waals surface area (Å²) in [4.78, 5) is 12.5. The van der Waals surface area contributed by atoms with Gasteiger partial charge in [-0.1, -0.05) is 11.8 Å². The van der Waals surface area contributed by atoms with E-state index in [4.69, 9.17) is 13.9 Å². The molecular formula is C21H20N4O6S2. The van der Waals surface area contributed by atoms with Gasteiger partial charge in [-0.25, -0.2) is 8.42 Å². The Labute approximate surface area is 194 Å². The lowest BCUT2D eigenvalue weighted by molar-refractivity contribution is -0.113.